The number of halogens is 1. The van der Waals surface area contributed by atoms with Gasteiger partial charge in [0.2, 0.25) is 0 Å². The van der Waals surface area contributed by atoms with Gasteiger partial charge in [-0.25, -0.2) is 4.39 Å². The summed E-state index contributed by atoms with van der Waals surface area (Å²) in [5.41, 5.74) is 8.28. The molecule has 4 heteroatoms. The van der Waals surface area contributed by atoms with Gasteiger partial charge < -0.3 is 10.5 Å². The minimum Gasteiger partial charge on any atom is -0.466 e. The van der Waals surface area contributed by atoms with Crippen LogP contribution in [0.5, 0.6) is 0 Å². The molecule has 0 saturated heterocycles. The van der Waals surface area contributed by atoms with Crippen LogP contribution in [0.2, 0.25) is 0 Å². The van der Waals surface area contributed by atoms with Crippen LogP contribution in [0.4, 0.5) is 4.39 Å². The molecule has 0 radical (unpaired) electrons. The fraction of sp³-hybridized carbons (Fsp3) is 0.562. The second kappa shape index (κ2) is 7.39. The SMILES string of the molecule is CCOC(=O)CC(C)CC(N)c1cc(C)c(F)c(C)c1. The van der Waals surface area contributed by atoms with Crippen molar-refractivity contribution in [3.8, 4) is 0 Å². The topological polar surface area (TPSA) is 52.3 Å². The van der Waals surface area contributed by atoms with Crippen molar-refractivity contribution in [3.63, 3.8) is 0 Å². The smallest absolute Gasteiger partial charge is 0.306 e. The lowest BCUT2D eigenvalue weighted by atomic mass is 9.92. The van der Waals surface area contributed by atoms with E-state index in [1.165, 1.54) is 0 Å². The number of carbonyl (C=O) groups is 1. The summed E-state index contributed by atoms with van der Waals surface area (Å²) < 4.78 is 18.5. The molecule has 0 heterocycles. The van der Waals surface area contributed by atoms with Crippen LogP contribution in [0.3, 0.4) is 0 Å². The minimum absolute atomic E-state index is 0.134. The van der Waals surface area contributed by atoms with E-state index in [-0.39, 0.29) is 23.7 Å². The highest BCUT2D eigenvalue weighted by molar-refractivity contribution is 5.69. The molecule has 0 aliphatic carbocycles. The van der Waals surface area contributed by atoms with Crippen molar-refractivity contribution >= 4 is 5.97 Å². The molecule has 1 aromatic rings. The van der Waals surface area contributed by atoms with Crippen molar-refractivity contribution in [2.24, 2.45) is 11.7 Å². The van der Waals surface area contributed by atoms with Gasteiger partial charge in [-0.05, 0) is 49.8 Å². The molecule has 0 bridgehead atoms. The van der Waals surface area contributed by atoms with E-state index < -0.39 is 0 Å². The predicted molar refractivity (Wildman–Crippen MR) is 77.8 cm³/mol. The first-order chi connectivity index (χ1) is 9.35. The lowest BCUT2D eigenvalue weighted by molar-refractivity contribution is -0.144. The molecule has 0 spiro atoms. The Bertz CT molecular complexity index is 451. The van der Waals surface area contributed by atoms with Gasteiger partial charge in [0.15, 0.2) is 0 Å². The lowest BCUT2D eigenvalue weighted by Crippen LogP contribution is -2.17. The predicted octanol–water partition coefficient (Wildman–Crippen LogP) is 3.42. The van der Waals surface area contributed by atoms with E-state index in [2.05, 4.69) is 0 Å². The number of benzene rings is 1. The van der Waals surface area contributed by atoms with Crippen molar-refractivity contribution in [3.05, 3.63) is 34.6 Å². The van der Waals surface area contributed by atoms with Gasteiger partial charge in [0, 0.05) is 12.5 Å². The zero-order valence-corrected chi connectivity index (χ0v) is 12.7. The number of hydrogen-bond donors (Lipinski definition) is 1. The quantitative estimate of drug-likeness (QED) is 0.813. The van der Waals surface area contributed by atoms with Gasteiger partial charge in [-0.3, -0.25) is 4.79 Å². The van der Waals surface area contributed by atoms with E-state index in [0.717, 1.165) is 5.56 Å². The molecular weight excluding hydrogens is 257 g/mol. The van der Waals surface area contributed by atoms with Crippen LogP contribution in [-0.2, 0) is 9.53 Å². The average molecular weight is 281 g/mol. The maximum atomic E-state index is 13.6. The Hall–Kier alpha value is -1.42. The Kier molecular flexibility index (Phi) is 6.14. The largest absolute Gasteiger partial charge is 0.466 e. The first-order valence-corrected chi connectivity index (χ1v) is 7.03. The Labute approximate surface area is 120 Å². The summed E-state index contributed by atoms with van der Waals surface area (Å²) in [5.74, 6) is -0.242. The van der Waals surface area contributed by atoms with E-state index in [4.69, 9.17) is 10.5 Å². The molecule has 1 rings (SSSR count). The summed E-state index contributed by atoms with van der Waals surface area (Å²) in [4.78, 5) is 11.4. The summed E-state index contributed by atoms with van der Waals surface area (Å²) in [6, 6.07) is 3.37. The molecule has 112 valence electrons. The third-order valence-electron chi connectivity index (χ3n) is 3.36. The van der Waals surface area contributed by atoms with Crippen molar-refractivity contribution in [2.45, 2.75) is 46.6 Å². The van der Waals surface area contributed by atoms with Crippen LogP contribution in [0, 0.1) is 25.6 Å². The van der Waals surface area contributed by atoms with Gasteiger partial charge >= 0.3 is 5.97 Å². The molecule has 0 amide bonds. The van der Waals surface area contributed by atoms with E-state index in [9.17, 15) is 9.18 Å². The number of rotatable bonds is 6. The Morgan fingerprint density at radius 2 is 1.90 bits per heavy atom. The lowest BCUT2D eigenvalue weighted by Gasteiger charge is -2.18. The molecule has 3 nitrogen and oxygen atoms in total. The number of esters is 1. The first-order valence-electron chi connectivity index (χ1n) is 7.03. The summed E-state index contributed by atoms with van der Waals surface area (Å²) in [6.07, 6.45) is 1.03. The zero-order chi connectivity index (χ0) is 15.3. The van der Waals surface area contributed by atoms with Crippen molar-refractivity contribution in [1.29, 1.82) is 0 Å². The number of aryl methyl sites for hydroxylation is 2. The van der Waals surface area contributed by atoms with Gasteiger partial charge in [-0.2, -0.15) is 0 Å². The molecule has 2 atom stereocenters. The summed E-state index contributed by atoms with van der Waals surface area (Å²) in [7, 11) is 0. The highest BCUT2D eigenvalue weighted by atomic mass is 19.1. The molecule has 2 unspecified atom stereocenters. The number of nitrogens with two attached hydrogens (primary N) is 1. The van der Waals surface area contributed by atoms with Gasteiger partial charge in [0.1, 0.15) is 5.82 Å². The van der Waals surface area contributed by atoms with E-state index in [1.807, 2.05) is 6.92 Å². The van der Waals surface area contributed by atoms with Crippen molar-refractivity contribution in [2.75, 3.05) is 6.61 Å². The summed E-state index contributed by atoms with van der Waals surface area (Å²) in [6.45, 7) is 7.63. The van der Waals surface area contributed by atoms with Crippen LogP contribution in [0.25, 0.3) is 0 Å². The fourth-order valence-corrected chi connectivity index (χ4v) is 2.35. The Balaban J connectivity index is 2.66. The number of hydrogen-bond acceptors (Lipinski definition) is 3. The second-order valence-electron chi connectivity index (χ2n) is 5.43. The van der Waals surface area contributed by atoms with E-state index in [0.29, 0.717) is 30.6 Å². The summed E-state index contributed by atoms with van der Waals surface area (Å²) in [5, 5.41) is 0. The molecule has 20 heavy (non-hydrogen) atoms. The number of ether oxygens (including phenoxy) is 1. The molecule has 0 aliphatic rings. The average Bonchev–Trinajstić information content (AvgIpc) is 2.35. The minimum atomic E-state index is -0.197. The van der Waals surface area contributed by atoms with Crippen LogP contribution >= 0.6 is 0 Å². The maximum Gasteiger partial charge on any atom is 0.306 e. The van der Waals surface area contributed by atoms with Gasteiger partial charge in [0.25, 0.3) is 0 Å². The zero-order valence-electron chi connectivity index (χ0n) is 12.7. The maximum absolute atomic E-state index is 13.6. The first kappa shape index (κ1) is 16.6. The molecular formula is C16H24FNO2. The van der Waals surface area contributed by atoms with Gasteiger partial charge in [-0.1, -0.05) is 19.1 Å². The standard InChI is InChI=1S/C16H24FNO2/c1-5-20-15(19)7-10(2)6-14(18)13-8-11(3)16(17)12(4)9-13/h8-10,14H,5-7,18H2,1-4H3. The second-order valence-corrected chi connectivity index (χ2v) is 5.43. The van der Waals surface area contributed by atoms with Crippen LogP contribution in [-0.4, -0.2) is 12.6 Å². The highest BCUT2D eigenvalue weighted by Crippen LogP contribution is 2.24. The number of carbonyl (C=O) groups excluding carboxylic acids is 1. The van der Waals surface area contributed by atoms with Crippen LogP contribution in [0.1, 0.15) is 49.4 Å². The molecule has 0 fully saturated rings. The molecule has 0 saturated carbocycles. The normalized spacial score (nSPS) is 13.9. The molecule has 2 N–H and O–H groups in total. The molecule has 1 aromatic carbocycles. The Morgan fingerprint density at radius 3 is 2.40 bits per heavy atom. The third kappa shape index (κ3) is 4.60. The van der Waals surface area contributed by atoms with E-state index in [1.54, 1.807) is 32.9 Å². The van der Waals surface area contributed by atoms with Crippen molar-refractivity contribution in [1.82, 2.24) is 0 Å². The van der Waals surface area contributed by atoms with Crippen LogP contribution < -0.4 is 5.73 Å². The highest BCUT2D eigenvalue weighted by Gasteiger charge is 2.16. The van der Waals surface area contributed by atoms with Crippen molar-refractivity contribution < 1.29 is 13.9 Å². The van der Waals surface area contributed by atoms with Crippen LogP contribution in [0.15, 0.2) is 12.1 Å². The molecule has 0 aromatic heterocycles. The fourth-order valence-electron chi connectivity index (χ4n) is 2.35. The van der Waals surface area contributed by atoms with Gasteiger partial charge in [0.05, 0.1) is 6.61 Å². The Morgan fingerprint density at radius 1 is 1.35 bits per heavy atom. The summed E-state index contributed by atoms with van der Waals surface area (Å²) >= 11 is 0. The molecule has 0 aliphatic heterocycles. The van der Waals surface area contributed by atoms with E-state index >= 15 is 0 Å². The third-order valence-corrected chi connectivity index (χ3v) is 3.36. The van der Waals surface area contributed by atoms with Gasteiger partial charge in [-0.15, -0.1) is 0 Å². The monoisotopic (exact) mass is 281 g/mol.